The molecule has 0 fully saturated rings. The van der Waals surface area contributed by atoms with Gasteiger partial charge in [0.1, 0.15) is 16.4 Å². The lowest BCUT2D eigenvalue weighted by Gasteiger charge is -2.17. The van der Waals surface area contributed by atoms with E-state index in [1.807, 2.05) is 23.6 Å². The SMILES string of the molecule is Cc1nc2sc3c(c2c2nc(-c4cccc(O)c4)nn12)C[C@H](C)CC3. The Bertz CT molecular complexity index is 1130. The van der Waals surface area contributed by atoms with Crippen LogP contribution in [-0.4, -0.2) is 24.7 Å². The van der Waals surface area contributed by atoms with Gasteiger partial charge in [-0.1, -0.05) is 19.1 Å². The molecule has 1 N–H and O–H groups in total. The van der Waals surface area contributed by atoms with Crippen molar-refractivity contribution < 1.29 is 5.11 Å². The fourth-order valence-electron chi connectivity index (χ4n) is 3.71. The van der Waals surface area contributed by atoms with E-state index in [2.05, 4.69) is 12.0 Å². The molecule has 4 aromatic rings. The molecule has 6 heteroatoms. The molecule has 1 aromatic carbocycles. The van der Waals surface area contributed by atoms with Gasteiger partial charge >= 0.3 is 0 Å². The molecule has 5 rings (SSSR count). The molecule has 0 spiro atoms. The Labute approximate surface area is 149 Å². The topological polar surface area (TPSA) is 63.3 Å². The molecule has 126 valence electrons. The van der Waals surface area contributed by atoms with Crippen LogP contribution in [0.2, 0.25) is 0 Å². The lowest BCUT2D eigenvalue weighted by atomic mass is 9.89. The second kappa shape index (κ2) is 5.26. The van der Waals surface area contributed by atoms with E-state index in [1.54, 1.807) is 23.5 Å². The van der Waals surface area contributed by atoms with Crippen molar-refractivity contribution in [2.75, 3.05) is 0 Å². The number of aromatic hydroxyl groups is 1. The number of benzene rings is 1. The summed E-state index contributed by atoms with van der Waals surface area (Å²) in [5.74, 6) is 2.38. The zero-order chi connectivity index (χ0) is 17.1. The minimum Gasteiger partial charge on any atom is -0.508 e. The summed E-state index contributed by atoms with van der Waals surface area (Å²) in [4.78, 5) is 12.1. The molecule has 1 aliphatic carbocycles. The number of aromatic nitrogens is 4. The van der Waals surface area contributed by atoms with Gasteiger partial charge in [0.05, 0.1) is 5.39 Å². The summed E-state index contributed by atoms with van der Waals surface area (Å²) in [6.07, 6.45) is 3.47. The first-order valence-corrected chi connectivity index (χ1v) is 9.39. The van der Waals surface area contributed by atoms with Crippen molar-refractivity contribution in [1.82, 2.24) is 19.6 Å². The zero-order valence-corrected chi connectivity index (χ0v) is 15.0. The summed E-state index contributed by atoms with van der Waals surface area (Å²) in [5.41, 5.74) is 3.10. The van der Waals surface area contributed by atoms with E-state index >= 15 is 0 Å². The van der Waals surface area contributed by atoms with Crippen molar-refractivity contribution in [3.63, 3.8) is 0 Å². The Morgan fingerprint density at radius 3 is 3.00 bits per heavy atom. The molecule has 0 saturated carbocycles. The molecular weight excluding hydrogens is 332 g/mol. The average molecular weight is 350 g/mol. The van der Waals surface area contributed by atoms with Crippen molar-refractivity contribution in [2.24, 2.45) is 5.92 Å². The van der Waals surface area contributed by atoms with Gasteiger partial charge in [0, 0.05) is 10.4 Å². The second-order valence-electron chi connectivity index (χ2n) is 6.91. The van der Waals surface area contributed by atoms with Gasteiger partial charge in [-0.15, -0.1) is 16.4 Å². The quantitative estimate of drug-likeness (QED) is 0.560. The summed E-state index contributed by atoms with van der Waals surface area (Å²) in [6, 6.07) is 7.08. The largest absolute Gasteiger partial charge is 0.508 e. The van der Waals surface area contributed by atoms with Gasteiger partial charge in [0.25, 0.3) is 0 Å². The number of phenolic OH excluding ortho intramolecular Hbond substituents is 1. The number of phenols is 1. The Morgan fingerprint density at radius 2 is 2.16 bits per heavy atom. The van der Waals surface area contributed by atoms with E-state index in [-0.39, 0.29) is 5.75 Å². The highest BCUT2D eigenvalue weighted by molar-refractivity contribution is 7.19. The van der Waals surface area contributed by atoms with Gasteiger partial charge in [-0.3, -0.25) is 0 Å². The maximum absolute atomic E-state index is 9.76. The predicted molar refractivity (Wildman–Crippen MR) is 99.2 cm³/mol. The molecular formula is C19H18N4OS. The summed E-state index contributed by atoms with van der Waals surface area (Å²) >= 11 is 1.81. The van der Waals surface area contributed by atoms with Crippen molar-refractivity contribution in [1.29, 1.82) is 0 Å². The Kier molecular flexibility index (Phi) is 3.12. The molecule has 3 aromatic heterocycles. The Balaban J connectivity index is 1.81. The first kappa shape index (κ1) is 14.8. The monoisotopic (exact) mass is 350 g/mol. The van der Waals surface area contributed by atoms with Gasteiger partial charge in [-0.05, 0) is 49.8 Å². The number of rotatable bonds is 1. The van der Waals surface area contributed by atoms with Crippen LogP contribution in [0.3, 0.4) is 0 Å². The van der Waals surface area contributed by atoms with Gasteiger partial charge in [0.2, 0.25) is 0 Å². The minimum atomic E-state index is 0.220. The van der Waals surface area contributed by atoms with Gasteiger partial charge in [0.15, 0.2) is 11.5 Å². The number of hydrogen-bond donors (Lipinski definition) is 1. The Morgan fingerprint density at radius 1 is 1.28 bits per heavy atom. The molecule has 25 heavy (non-hydrogen) atoms. The maximum Gasteiger partial charge on any atom is 0.182 e. The molecule has 0 unspecified atom stereocenters. The highest BCUT2D eigenvalue weighted by atomic mass is 32.1. The number of fused-ring (bicyclic) bond motifs is 5. The van der Waals surface area contributed by atoms with E-state index in [0.29, 0.717) is 11.7 Å². The molecule has 0 radical (unpaired) electrons. The molecule has 3 heterocycles. The standard InChI is InChI=1S/C19H18N4OS/c1-10-6-7-15-14(8-10)16-18-21-17(12-4-3-5-13(24)9-12)22-23(18)11(2)20-19(16)25-15/h3-5,9-10,24H,6-8H2,1-2H3/t10-/m1/s1. The highest BCUT2D eigenvalue weighted by Crippen LogP contribution is 2.39. The van der Waals surface area contributed by atoms with Crippen LogP contribution in [0.1, 0.15) is 29.6 Å². The van der Waals surface area contributed by atoms with Crippen LogP contribution < -0.4 is 0 Å². The predicted octanol–water partition coefficient (Wildman–Crippen LogP) is 4.14. The smallest absolute Gasteiger partial charge is 0.182 e. The number of nitrogens with zero attached hydrogens (tertiary/aromatic N) is 4. The second-order valence-corrected chi connectivity index (χ2v) is 8.00. The third-order valence-corrected chi connectivity index (χ3v) is 6.18. The van der Waals surface area contributed by atoms with E-state index < -0.39 is 0 Å². The van der Waals surface area contributed by atoms with Crippen LogP contribution in [-0.2, 0) is 12.8 Å². The number of hydrogen-bond acceptors (Lipinski definition) is 5. The third-order valence-electron chi connectivity index (χ3n) is 4.99. The average Bonchev–Trinajstić information content (AvgIpc) is 3.16. The van der Waals surface area contributed by atoms with Crippen LogP contribution in [0.15, 0.2) is 24.3 Å². The number of thiophene rings is 1. The molecule has 0 aliphatic heterocycles. The lowest BCUT2D eigenvalue weighted by molar-refractivity contribution is 0.475. The molecule has 0 amide bonds. The van der Waals surface area contributed by atoms with Gasteiger partial charge in [-0.2, -0.15) is 4.52 Å². The fourth-order valence-corrected chi connectivity index (χ4v) is 4.97. The van der Waals surface area contributed by atoms with Gasteiger partial charge < -0.3 is 5.11 Å². The molecule has 0 bridgehead atoms. The van der Waals surface area contributed by atoms with Crippen molar-refractivity contribution >= 4 is 27.2 Å². The lowest BCUT2D eigenvalue weighted by Crippen LogP contribution is -2.09. The molecule has 1 atom stereocenters. The molecule has 5 nitrogen and oxygen atoms in total. The summed E-state index contributed by atoms with van der Waals surface area (Å²) in [5, 5.41) is 15.6. The third kappa shape index (κ3) is 2.24. The van der Waals surface area contributed by atoms with E-state index in [4.69, 9.17) is 9.97 Å². The van der Waals surface area contributed by atoms with Crippen molar-refractivity contribution in [3.8, 4) is 17.1 Å². The first-order chi connectivity index (χ1) is 12.1. The van der Waals surface area contributed by atoms with Crippen molar-refractivity contribution in [3.05, 3.63) is 40.5 Å². The van der Waals surface area contributed by atoms with Gasteiger partial charge in [-0.25, -0.2) is 9.97 Å². The first-order valence-electron chi connectivity index (χ1n) is 8.57. The zero-order valence-electron chi connectivity index (χ0n) is 14.2. The van der Waals surface area contributed by atoms with E-state index in [0.717, 1.165) is 40.1 Å². The highest BCUT2D eigenvalue weighted by Gasteiger charge is 2.24. The van der Waals surface area contributed by atoms with Crippen LogP contribution in [0.25, 0.3) is 27.3 Å². The molecule has 1 aliphatic rings. The normalized spacial score (nSPS) is 17.3. The number of aryl methyl sites for hydroxylation is 2. The summed E-state index contributed by atoms with van der Waals surface area (Å²) < 4.78 is 1.84. The summed E-state index contributed by atoms with van der Waals surface area (Å²) in [7, 11) is 0. The molecule has 0 saturated heterocycles. The minimum absolute atomic E-state index is 0.220. The maximum atomic E-state index is 9.76. The Hall–Kier alpha value is -2.47. The van der Waals surface area contributed by atoms with Crippen LogP contribution in [0.4, 0.5) is 0 Å². The fraction of sp³-hybridized carbons (Fsp3) is 0.316. The van der Waals surface area contributed by atoms with E-state index in [1.165, 1.54) is 16.9 Å². The van der Waals surface area contributed by atoms with E-state index in [9.17, 15) is 5.11 Å². The van der Waals surface area contributed by atoms with Crippen LogP contribution in [0.5, 0.6) is 5.75 Å². The van der Waals surface area contributed by atoms with Crippen molar-refractivity contribution in [2.45, 2.75) is 33.1 Å². The summed E-state index contributed by atoms with van der Waals surface area (Å²) in [6.45, 7) is 4.28. The van der Waals surface area contributed by atoms with Crippen LogP contribution in [0, 0.1) is 12.8 Å². The van der Waals surface area contributed by atoms with Crippen LogP contribution >= 0.6 is 11.3 Å².